The molecule has 1 fully saturated rings. The zero-order valence-electron chi connectivity index (χ0n) is 7.16. The van der Waals surface area contributed by atoms with Crippen molar-refractivity contribution in [1.29, 1.82) is 0 Å². The molecule has 66 valence electrons. The minimum Gasteiger partial charge on any atom is -0.478 e. The van der Waals surface area contributed by atoms with Crippen LogP contribution in [0.4, 0.5) is 0 Å². The molecule has 0 bridgehead atoms. The minimum atomic E-state index is -0.429. The number of rotatable bonds is 1. The molecule has 0 radical (unpaired) electrons. The van der Waals surface area contributed by atoms with Crippen molar-refractivity contribution in [2.45, 2.75) is 19.1 Å². The summed E-state index contributed by atoms with van der Waals surface area (Å²) in [4.78, 5) is 15.5. The number of carbonyl (C=O) groups is 1. The molecule has 0 spiro atoms. The molecule has 0 N–H and O–H groups in total. The van der Waals surface area contributed by atoms with Crippen LogP contribution in [0.1, 0.15) is 13.8 Å². The van der Waals surface area contributed by atoms with Gasteiger partial charge in [-0.05, 0) is 6.92 Å². The third-order valence-corrected chi connectivity index (χ3v) is 4.01. The van der Waals surface area contributed by atoms with Crippen molar-refractivity contribution < 1.29 is 9.53 Å². The average molecular weight is 185 g/mol. The topological polar surface area (TPSA) is 38.7 Å². The Balaban J connectivity index is 2.25. The predicted molar refractivity (Wildman–Crippen MR) is 48.4 cm³/mol. The van der Waals surface area contributed by atoms with Crippen LogP contribution in [0.3, 0.4) is 0 Å². The van der Waals surface area contributed by atoms with Gasteiger partial charge in [-0.15, -0.1) is 0 Å². The maximum atomic E-state index is 11.4. The Morgan fingerprint density at radius 3 is 2.92 bits per heavy atom. The van der Waals surface area contributed by atoms with Crippen LogP contribution in [0.5, 0.6) is 0 Å². The first kappa shape index (κ1) is 8.10. The summed E-state index contributed by atoms with van der Waals surface area (Å²) in [5.74, 6) is 0.652. The Hall–Kier alpha value is -0.510. The highest BCUT2D eigenvalue weighted by Crippen LogP contribution is 2.48. The van der Waals surface area contributed by atoms with Crippen molar-refractivity contribution in [3.63, 3.8) is 0 Å². The third-order valence-electron chi connectivity index (χ3n) is 2.55. The SMILES string of the molecule is C[C@H]1SC(=O)[C@@]1(C)C1=NCCO1. The second-order valence-corrected chi connectivity index (χ2v) is 4.60. The standard InChI is InChI=1S/C8H11NO2S/c1-5-8(2,7(10)12-5)6-9-3-4-11-6/h5H,3-4H2,1-2H3/t5-,8-/m1/s1. The highest BCUT2D eigenvalue weighted by Gasteiger charge is 2.55. The molecule has 0 aromatic carbocycles. The van der Waals surface area contributed by atoms with Crippen molar-refractivity contribution in [2.75, 3.05) is 13.2 Å². The largest absolute Gasteiger partial charge is 0.478 e. The van der Waals surface area contributed by atoms with E-state index in [2.05, 4.69) is 4.99 Å². The van der Waals surface area contributed by atoms with Gasteiger partial charge >= 0.3 is 0 Å². The van der Waals surface area contributed by atoms with Crippen LogP contribution < -0.4 is 0 Å². The van der Waals surface area contributed by atoms with E-state index in [9.17, 15) is 4.79 Å². The molecule has 12 heavy (non-hydrogen) atoms. The lowest BCUT2D eigenvalue weighted by Gasteiger charge is -2.40. The zero-order chi connectivity index (χ0) is 8.77. The molecule has 0 aromatic rings. The van der Waals surface area contributed by atoms with E-state index in [4.69, 9.17) is 4.74 Å². The lowest BCUT2D eigenvalue weighted by Crippen LogP contribution is -2.51. The number of hydrogen-bond donors (Lipinski definition) is 0. The van der Waals surface area contributed by atoms with Crippen molar-refractivity contribution in [2.24, 2.45) is 10.4 Å². The van der Waals surface area contributed by atoms with Gasteiger partial charge in [-0.25, -0.2) is 0 Å². The molecular formula is C8H11NO2S. The van der Waals surface area contributed by atoms with Gasteiger partial charge in [-0.2, -0.15) is 0 Å². The van der Waals surface area contributed by atoms with E-state index < -0.39 is 5.41 Å². The summed E-state index contributed by atoms with van der Waals surface area (Å²) < 4.78 is 5.32. The lowest BCUT2D eigenvalue weighted by atomic mass is 9.87. The van der Waals surface area contributed by atoms with E-state index in [1.807, 2.05) is 13.8 Å². The van der Waals surface area contributed by atoms with Crippen LogP contribution in [0.15, 0.2) is 4.99 Å². The number of carbonyl (C=O) groups excluding carboxylic acids is 1. The van der Waals surface area contributed by atoms with E-state index in [1.54, 1.807) is 0 Å². The first-order valence-corrected chi connectivity index (χ1v) is 4.92. The molecule has 3 nitrogen and oxygen atoms in total. The molecule has 2 rings (SSSR count). The van der Waals surface area contributed by atoms with Crippen LogP contribution >= 0.6 is 11.8 Å². The third kappa shape index (κ3) is 0.843. The lowest BCUT2D eigenvalue weighted by molar-refractivity contribution is -0.118. The summed E-state index contributed by atoms with van der Waals surface area (Å²) in [6.45, 7) is 5.29. The van der Waals surface area contributed by atoms with Gasteiger partial charge in [0.15, 0.2) is 5.90 Å². The fraction of sp³-hybridized carbons (Fsp3) is 0.750. The summed E-state index contributed by atoms with van der Waals surface area (Å²) in [6.07, 6.45) is 0. The fourth-order valence-electron chi connectivity index (χ4n) is 1.42. The highest BCUT2D eigenvalue weighted by atomic mass is 32.2. The van der Waals surface area contributed by atoms with Crippen LogP contribution in [-0.2, 0) is 9.53 Å². The first-order valence-electron chi connectivity index (χ1n) is 4.04. The Morgan fingerprint density at radius 1 is 1.75 bits per heavy atom. The number of hydrogen-bond acceptors (Lipinski definition) is 4. The van der Waals surface area contributed by atoms with Crippen molar-refractivity contribution >= 4 is 22.8 Å². The van der Waals surface area contributed by atoms with Crippen molar-refractivity contribution in [3.05, 3.63) is 0 Å². The van der Waals surface area contributed by atoms with Gasteiger partial charge in [0.1, 0.15) is 12.0 Å². The molecule has 0 aliphatic carbocycles. The molecule has 2 aliphatic rings. The maximum Gasteiger partial charge on any atom is 0.205 e. The molecule has 4 heteroatoms. The van der Waals surface area contributed by atoms with Gasteiger partial charge in [0.05, 0.1) is 6.54 Å². The quantitative estimate of drug-likeness (QED) is 0.613. The number of aliphatic imine (C=N–C) groups is 1. The van der Waals surface area contributed by atoms with Gasteiger partial charge in [0.2, 0.25) is 5.12 Å². The van der Waals surface area contributed by atoms with E-state index in [-0.39, 0.29) is 5.12 Å². The second kappa shape index (κ2) is 2.49. The molecule has 2 atom stereocenters. The second-order valence-electron chi connectivity index (χ2n) is 3.29. The summed E-state index contributed by atoms with van der Waals surface area (Å²) >= 11 is 1.38. The smallest absolute Gasteiger partial charge is 0.205 e. The Bertz CT molecular complexity index is 264. The molecule has 2 heterocycles. The molecule has 2 aliphatic heterocycles. The van der Waals surface area contributed by atoms with Crippen molar-refractivity contribution in [1.82, 2.24) is 0 Å². The number of ether oxygens (including phenoxy) is 1. The van der Waals surface area contributed by atoms with Crippen LogP contribution in [0, 0.1) is 5.41 Å². The average Bonchev–Trinajstić information content (AvgIpc) is 2.55. The highest BCUT2D eigenvalue weighted by molar-refractivity contribution is 8.16. The van der Waals surface area contributed by atoms with E-state index >= 15 is 0 Å². The van der Waals surface area contributed by atoms with Crippen LogP contribution in [0.25, 0.3) is 0 Å². The Kier molecular flexibility index (Phi) is 1.68. The Morgan fingerprint density at radius 2 is 2.50 bits per heavy atom. The number of thioether (sulfide) groups is 1. The van der Waals surface area contributed by atoms with Crippen LogP contribution in [-0.4, -0.2) is 29.4 Å². The number of nitrogens with zero attached hydrogens (tertiary/aromatic N) is 1. The summed E-state index contributed by atoms with van der Waals surface area (Å²) in [5, 5.41) is 0.498. The van der Waals surface area contributed by atoms with Crippen molar-refractivity contribution in [3.8, 4) is 0 Å². The minimum absolute atomic E-state index is 0.190. The van der Waals surface area contributed by atoms with Gasteiger partial charge < -0.3 is 4.74 Å². The molecular weight excluding hydrogens is 174 g/mol. The van der Waals surface area contributed by atoms with Gasteiger partial charge in [0.25, 0.3) is 0 Å². The van der Waals surface area contributed by atoms with Crippen LogP contribution in [0.2, 0.25) is 0 Å². The molecule has 0 unspecified atom stereocenters. The summed E-state index contributed by atoms with van der Waals surface area (Å²) in [7, 11) is 0. The first-order chi connectivity index (χ1) is 5.65. The van der Waals surface area contributed by atoms with Gasteiger partial charge in [-0.3, -0.25) is 9.79 Å². The monoisotopic (exact) mass is 185 g/mol. The molecule has 0 amide bonds. The van der Waals surface area contributed by atoms with E-state index in [1.165, 1.54) is 11.8 Å². The van der Waals surface area contributed by atoms with Gasteiger partial charge in [-0.1, -0.05) is 18.7 Å². The van der Waals surface area contributed by atoms with E-state index in [0.717, 1.165) is 0 Å². The molecule has 0 saturated carbocycles. The summed E-state index contributed by atoms with van der Waals surface area (Å²) in [5.41, 5.74) is -0.429. The predicted octanol–water partition coefficient (Wildman–Crippen LogP) is 1.08. The maximum absolute atomic E-state index is 11.4. The van der Waals surface area contributed by atoms with E-state index in [0.29, 0.717) is 24.3 Å². The molecule has 1 saturated heterocycles. The fourth-order valence-corrected chi connectivity index (χ4v) is 2.51. The van der Waals surface area contributed by atoms with Gasteiger partial charge in [0, 0.05) is 5.25 Å². The molecule has 0 aromatic heterocycles. The Labute approximate surface area is 75.6 Å². The normalized spacial score (nSPS) is 40.3. The summed E-state index contributed by atoms with van der Waals surface area (Å²) in [6, 6.07) is 0. The zero-order valence-corrected chi connectivity index (χ0v) is 7.98.